The van der Waals surface area contributed by atoms with Crippen molar-refractivity contribution in [1.29, 1.82) is 0 Å². The Hall–Kier alpha value is -1.95. The number of rotatable bonds is 8. The van der Waals surface area contributed by atoms with E-state index >= 15 is 0 Å². The highest BCUT2D eigenvalue weighted by atomic mass is 35.5. The fourth-order valence-electron chi connectivity index (χ4n) is 5.91. The summed E-state index contributed by atoms with van der Waals surface area (Å²) in [6.45, 7) is 7.30. The molecule has 1 amide bonds. The van der Waals surface area contributed by atoms with Crippen molar-refractivity contribution in [2.45, 2.75) is 32.1 Å². The second-order valence-corrected chi connectivity index (χ2v) is 10.9. The van der Waals surface area contributed by atoms with Crippen molar-refractivity contribution in [1.82, 2.24) is 9.80 Å². The van der Waals surface area contributed by atoms with Gasteiger partial charge in [-0.2, -0.15) is 0 Å². The smallest absolute Gasteiger partial charge is 0.253 e. The van der Waals surface area contributed by atoms with Crippen LogP contribution >= 0.6 is 23.2 Å². The van der Waals surface area contributed by atoms with Gasteiger partial charge in [-0.25, -0.2) is 0 Å². The lowest BCUT2D eigenvalue weighted by atomic mass is 10.0. The summed E-state index contributed by atoms with van der Waals surface area (Å²) in [5.74, 6) is 2.83. The molecule has 5 rings (SSSR count). The number of halogens is 2. The van der Waals surface area contributed by atoms with E-state index in [1.807, 2.05) is 41.3 Å². The molecule has 2 aromatic rings. The summed E-state index contributed by atoms with van der Waals surface area (Å²) in [6.07, 6.45) is 6.57. The fraction of sp³-hybridized carbons (Fsp3) is 0.536. The Labute approximate surface area is 218 Å². The maximum absolute atomic E-state index is 13.0. The number of amides is 1. The summed E-state index contributed by atoms with van der Waals surface area (Å²) in [5, 5.41) is 1.13. The number of anilines is 1. The molecular weight excluding hydrogens is 481 g/mol. The maximum atomic E-state index is 13.0. The Morgan fingerprint density at radius 1 is 0.914 bits per heavy atom. The number of piperazine rings is 1. The molecule has 188 valence electrons. The van der Waals surface area contributed by atoms with E-state index in [1.165, 1.54) is 45.3 Å². The third-order valence-electron chi connectivity index (χ3n) is 7.88. The van der Waals surface area contributed by atoms with Gasteiger partial charge < -0.3 is 19.4 Å². The fourth-order valence-corrected chi connectivity index (χ4v) is 6.32. The van der Waals surface area contributed by atoms with E-state index in [0.29, 0.717) is 28.7 Å². The Kier molecular flexibility index (Phi) is 8.06. The van der Waals surface area contributed by atoms with Gasteiger partial charge >= 0.3 is 0 Å². The molecule has 2 unspecified atom stereocenters. The third-order valence-corrected chi connectivity index (χ3v) is 8.69. The van der Waals surface area contributed by atoms with E-state index in [-0.39, 0.29) is 5.91 Å². The van der Waals surface area contributed by atoms with Crippen LogP contribution in [0.5, 0.6) is 5.75 Å². The minimum absolute atomic E-state index is 0.0590. The quantitative estimate of drug-likeness (QED) is 0.413. The van der Waals surface area contributed by atoms with E-state index in [1.54, 1.807) is 6.07 Å². The minimum atomic E-state index is 0.0590. The molecular formula is C28H35Cl2N3O2. The van der Waals surface area contributed by atoms with E-state index < -0.39 is 0 Å². The number of hydrogen-bond donors (Lipinski definition) is 0. The molecule has 0 N–H and O–H groups in total. The number of carbonyl (C=O) groups excluding carboxylic acids is 1. The highest BCUT2D eigenvalue weighted by Gasteiger charge is 2.35. The molecule has 0 radical (unpaired) electrons. The maximum Gasteiger partial charge on any atom is 0.253 e. The third kappa shape index (κ3) is 5.90. The van der Waals surface area contributed by atoms with E-state index in [0.717, 1.165) is 49.4 Å². The Balaban J connectivity index is 1.02. The lowest BCUT2D eigenvalue weighted by Crippen LogP contribution is -2.48. The second kappa shape index (κ2) is 11.4. The molecule has 3 fully saturated rings. The standard InChI is InChI=1S/C28H35Cl2N3O2/c29-25-7-4-8-26(27(25)30)32-14-16-33(17-15-32)28(34)21-9-11-24(12-10-21)35-18-2-1-13-31-19-22-5-3-6-23(22)20-31/h4,7-12,22-23H,1-3,5-6,13-20H2. The van der Waals surface area contributed by atoms with Crippen LogP contribution in [0.25, 0.3) is 0 Å². The van der Waals surface area contributed by atoms with Crippen LogP contribution in [-0.2, 0) is 0 Å². The number of ether oxygens (including phenoxy) is 1. The molecule has 0 bridgehead atoms. The first-order chi connectivity index (χ1) is 17.1. The monoisotopic (exact) mass is 515 g/mol. The van der Waals surface area contributed by atoms with E-state index in [9.17, 15) is 4.79 Å². The number of hydrogen-bond acceptors (Lipinski definition) is 4. The number of unbranched alkanes of at least 4 members (excludes halogenated alkanes) is 1. The number of fused-ring (bicyclic) bond motifs is 1. The van der Waals surface area contributed by atoms with Crippen LogP contribution in [0.3, 0.4) is 0 Å². The summed E-state index contributed by atoms with van der Waals surface area (Å²) in [6, 6.07) is 13.2. The molecule has 1 aliphatic carbocycles. The average Bonchev–Trinajstić information content (AvgIpc) is 3.48. The topological polar surface area (TPSA) is 36.0 Å². The molecule has 7 heteroatoms. The van der Waals surface area contributed by atoms with Crippen molar-refractivity contribution in [3.63, 3.8) is 0 Å². The van der Waals surface area contributed by atoms with Crippen LogP contribution in [0, 0.1) is 11.8 Å². The highest BCUT2D eigenvalue weighted by molar-refractivity contribution is 6.43. The first kappa shape index (κ1) is 24.7. The van der Waals surface area contributed by atoms with Gasteiger partial charge in [0.05, 0.1) is 22.3 Å². The van der Waals surface area contributed by atoms with Gasteiger partial charge in [0.25, 0.3) is 5.91 Å². The van der Waals surface area contributed by atoms with Gasteiger partial charge in [0.1, 0.15) is 5.75 Å². The zero-order chi connectivity index (χ0) is 24.2. The van der Waals surface area contributed by atoms with Crippen LogP contribution in [0.4, 0.5) is 5.69 Å². The molecule has 2 atom stereocenters. The van der Waals surface area contributed by atoms with Crippen LogP contribution in [0.1, 0.15) is 42.5 Å². The van der Waals surface area contributed by atoms with Gasteiger partial charge in [0.2, 0.25) is 0 Å². The summed E-state index contributed by atoms with van der Waals surface area (Å²) in [4.78, 5) is 19.7. The van der Waals surface area contributed by atoms with Crippen LogP contribution in [0.2, 0.25) is 10.0 Å². The van der Waals surface area contributed by atoms with E-state index in [4.69, 9.17) is 27.9 Å². The van der Waals surface area contributed by atoms with Gasteiger partial charge in [0, 0.05) is 44.8 Å². The average molecular weight is 517 g/mol. The molecule has 0 aromatic heterocycles. The molecule has 0 spiro atoms. The van der Waals surface area contributed by atoms with Gasteiger partial charge in [-0.1, -0.05) is 35.7 Å². The van der Waals surface area contributed by atoms with Gasteiger partial charge in [0.15, 0.2) is 0 Å². The molecule has 1 saturated carbocycles. The number of carbonyl (C=O) groups is 1. The Morgan fingerprint density at radius 2 is 1.63 bits per heavy atom. The lowest BCUT2D eigenvalue weighted by molar-refractivity contribution is 0.0746. The lowest BCUT2D eigenvalue weighted by Gasteiger charge is -2.36. The SMILES string of the molecule is O=C(c1ccc(OCCCCN2CC3CCCC3C2)cc1)N1CCN(c2cccc(Cl)c2Cl)CC1. The predicted molar refractivity (Wildman–Crippen MR) is 143 cm³/mol. The number of benzene rings is 2. The van der Waals surface area contributed by atoms with Crippen molar-refractivity contribution >= 4 is 34.8 Å². The molecule has 2 aromatic carbocycles. The molecule has 2 aliphatic heterocycles. The summed E-state index contributed by atoms with van der Waals surface area (Å²) in [5.41, 5.74) is 1.63. The van der Waals surface area contributed by atoms with Gasteiger partial charge in [-0.15, -0.1) is 0 Å². The largest absolute Gasteiger partial charge is 0.494 e. The number of likely N-dealkylation sites (tertiary alicyclic amines) is 1. The summed E-state index contributed by atoms with van der Waals surface area (Å²) in [7, 11) is 0. The van der Waals surface area contributed by atoms with Crippen molar-refractivity contribution in [2.24, 2.45) is 11.8 Å². The molecule has 5 nitrogen and oxygen atoms in total. The van der Waals surface area contributed by atoms with Crippen molar-refractivity contribution in [3.05, 3.63) is 58.1 Å². The summed E-state index contributed by atoms with van der Waals surface area (Å²) >= 11 is 12.5. The van der Waals surface area contributed by atoms with Crippen molar-refractivity contribution in [3.8, 4) is 5.75 Å². The van der Waals surface area contributed by atoms with Crippen LogP contribution < -0.4 is 9.64 Å². The van der Waals surface area contributed by atoms with E-state index in [2.05, 4.69) is 9.80 Å². The van der Waals surface area contributed by atoms with Gasteiger partial charge in [-0.3, -0.25) is 4.79 Å². The minimum Gasteiger partial charge on any atom is -0.494 e. The zero-order valence-electron chi connectivity index (χ0n) is 20.3. The molecule has 35 heavy (non-hydrogen) atoms. The molecule has 2 saturated heterocycles. The summed E-state index contributed by atoms with van der Waals surface area (Å²) < 4.78 is 5.94. The zero-order valence-corrected chi connectivity index (χ0v) is 21.8. The Morgan fingerprint density at radius 3 is 2.34 bits per heavy atom. The van der Waals surface area contributed by atoms with Crippen molar-refractivity contribution in [2.75, 3.05) is 57.3 Å². The predicted octanol–water partition coefficient (Wildman–Crippen LogP) is 5.85. The normalized spacial score (nSPS) is 22.5. The first-order valence-electron chi connectivity index (χ1n) is 13.0. The molecule has 2 heterocycles. The van der Waals surface area contributed by atoms with Crippen LogP contribution in [-0.4, -0.2) is 68.1 Å². The first-order valence-corrected chi connectivity index (χ1v) is 13.8. The molecule has 3 aliphatic rings. The van der Waals surface area contributed by atoms with Gasteiger partial charge in [-0.05, 0) is 80.5 Å². The highest BCUT2D eigenvalue weighted by Crippen LogP contribution is 2.37. The van der Waals surface area contributed by atoms with Crippen molar-refractivity contribution < 1.29 is 9.53 Å². The number of nitrogens with zero attached hydrogens (tertiary/aromatic N) is 3. The Bertz CT molecular complexity index is 996. The second-order valence-electron chi connectivity index (χ2n) is 10.1. The van der Waals surface area contributed by atoms with Crippen LogP contribution in [0.15, 0.2) is 42.5 Å².